The van der Waals surface area contributed by atoms with Crippen molar-refractivity contribution >= 4 is 27.5 Å². The van der Waals surface area contributed by atoms with E-state index in [0.29, 0.717) is 11.4 Å². The normalized spacial score (nSPS) is 10.5. The maximum absolute atomic E-state index is 12.4. The van der Waals surface area contributed by atoms with E-state index in [9.17, 15) is 4.79 Å². The maximum Gasteiger partial charge on any atom is 0.259 e. The van der Waals surface area contributed by atoms with Gasteiger partial charge in [-0.25, -0.2) is 9.67 Å². The summed E-state index contributed by atoms with van der Waals surface area (Å²) >= 11 is 3.41. The van der Waals surface area contributed by atoms with Gasteiger partial charge in [-0.15, -0.1) is 0 Å². The summed E-state index contributed by atoms with van der Waals surface area (Å²) in [5.74, 6) is 0.478. The molecule has 0 aliphatic heterocycles. The van der Waals surface area contributed by atoms with E-state index in [4.69, 9.17) is 0 Å². The minimum absolute atomic E-state index is 0.202. The number of carbonyl (C=O) groups excluding carboxylic acids is 1. The Morgan fingerprint density at radius 2 is 1.95 bits per heavy atom. The average Bonchev–Trinajstić information content (AvgIpc) is 2.92. The second kappa shape index (κ2) is 6.11. The van der Waals surface area contributed by atoms with E-state index < -0.39 is 0 Å². The molecule has 0 spiro atoms. The molecule has 0 fully saturated rings. The Morgan fingerprint density at radius 1 is 1.18 bits per heavy atom. The number of halogens is 1. The molecular weight excluding hydrogens is 344 g/mol. The van der Waals surface area contributed by atoms with Crippen LogP contribution in [0.2, 0.25) is 0 Å². The number of amides is 1. The predicted molar refractivity (Wildman–Crippen MR) is 88.2 cm³/mol. The number of nitrogens with one attached hydrogen (secondary N) is 1. The topological polar surface area (TPSA) is 59.8 Å². The monoisotopic (exact) mass is 356 g/mol. The third-order valence-electron chi connectivity index (χ3n) is 3.24. The number of anilines is 1. The summed E-state index contributed by atoms with van der Waals surface area (Å²) in [7, 11) is 0. The summed E-state index contributed by atoms with van der Waals surface area (Å²) in [6, 6.07) is 13.0. The summed E-state index contributed by atoms with van der Waals surface area (Å²) < 4.78 is 2.48. The average molecular weight is 357 g/mol. The lowest BCUT2D eigenvalue weighted by molar-refractivity contribution is 0.102. The molecule has 0 aliphatic rings. The second-order valence-electron chi connectivity index (χ2n) is 4.68. The van der Waals surface area contributed by atoms with Crippen LogP contribution in [0.15, 0.2) is 59.3 Å². The first-order valence-corrected chi connectivity index (χ1v) is 7.48. The maximum atomic E-state index is 12.4. The van der Waals surface area contributed by atoms with Crippen molar-refractivity contribution in [1.29, 1.82) is 0 Å². The smallest absolute Gasteiger partial charge is 0.259 e. The van der Waals surface area contributed by atoms with Gasteiger partial charge in [-0.3, -0.25) is 4.79 Å². The van der Waals surface area contributed by atoms with Crippen molar-refractivity contribution in [3.05, 3.63) is 70.6 Å². The third kappa shape index (κ3) is 2.78. The number of nitrogens with zero attached hydrogens (tertiary/aromatic N) is 3. The molecule has 3 rings (SSSR count). The fourth-order valence-corrected chi connectivity index (χ4v) is 2.48. The number of benzene rings is 1. The van der Waals surface area contributed by atoms with Crippen LogP contribution >= 0.6 is 15.9 Å². The first kappa shape index (κ1) is 14.5. The summed E-state index contributed by atoms with van der Waals surface area (Å²) in [5, 5.41) is 7.13. The van der Waals surface area contributed by atoms with Crippen molar-refractivity contribution in [2.75, 3.05) is 5.32 Å². The molecule has 0 saturated carbocycles. The van der Waals surface area contributed by atoms with Gasteiger partial charge in [0.2, 0.25) is 0 Å². The largest absolute Gasteiger partial charge is 0.321 e. The van der Waals surface area contributed by atoms with Gasteiger partial charge in [0.1, 0.15) is 0 Å². The number of pyridine rings is 1. The Morgan fingerprint density at radius 3 is 2.68 bits per heavy atom. The summed E-state index contributed by atoms with van der Waals surface area (Å²) in [4.78, 5) is 16.7. The van der Waals surface area contributed by atoms with E-state index in [-0.39, 0.29) is 5.91 Å². The Balaban J connectivity index is 1.89. The molecular formula is C16H13BrN4O. The predicted octanol–water partition coefficient (Wildman–Crippen LogP) is 3.59. The number of rotatable bonds is 3. The van der Waals surface area contributed by atoms with Crippen molar-refractivity contribution in [2.45, 2.75) is 6.92 Å². The molecule has 5 nitrogen and oxygen atoms in total. The van der Waals surface area contributed by atoms with Crippen molar-refractivity contribution in [2.24, 2.45) is 0 Å². The van der Waals surface area contributed by atoms with Crippen LogP contribution in [-0.2, 0) is 0 Å². The molecule has 1 aromatic carbocycles. The fourth-order valence-electron chi connectivity index (χ4n) is 2.09. The summed E-state index contributed by atoms with van der Waals surface area (Å²) in [6.45, 7) is 1.84. The Kier molecular flexibility index (Phi) is 4.02. The third-order valence-corrected chi connectivity index (χ3v) is 3.93. The zero-order valence-corrected chi connectivity index (χ0v) is 13.4. The van der Waals surface area contributed by atoms with Gasteiger partial charge in [0.25, 0.3) is 5.91 Å². The highest BCUT2D eigenvalue weighted by molar-refractivity contribution is 9.10. The zero-order valence-electron chi connectivity index (χ0n) is 11.8. The van der Waals surface area contributed by atoms with E-state index in [1.807, 2.05) is 49.4 Å². The van der Waals surface area contributed by atoms with Crippen LogP contribution in [-0.4, -0.2) is 20.7 Å². The van der Waals surface area contributed by atoms with E-state index in [0.717, 1.165) is 15.9 Å². The van der Waals surface area contributed by atoms with Crippen LogP contribution in [0.4, 0.5) is 5.69 Å². The molecule has 0 unspecified atom stereocenters. The molecule has 0 radical (unpaired) electrons. The lowest BCUT2D eigenvalue weighted by atomic mass is 10.2. The molecule has 2 aromatic heterocycles. The van der Waals surface area contributed by atoms with Crippen molar-refractivity contribution in [1.82, 2.24) is 14.8 Å². The minimum Gasteiger partial charge on any atom is -0.321 e. The second-order valence-corrected chi connectivity index (χ2v) is 5.53. The quantitative estimate of drug-likeness (QED) is 0.779. The van der Waals surface area contributed by atoms with Crippen LogP contribution < -0.4 is 5.32 Å². The van der Waals surface area contributed by atoms with Crippen LogP contribution in [0.25, 0.3) is 5.82 Å². The van der Waals surface area contributed by atoms with Crippen molar-refractivity contribution in [3.63, 3.8) is 0 Å². The van der Waals surface area contributed by atoms with Crippen LogP contribution in [0.3, 0.4) is 0 Å². The Hall–Kier alpha value is -2.47. The highest BCUT2D eigenvalue weighted by atomic mass is 79.9. The van der Waals surface area contributed by atoms with Gasteiger partial charge in [-0.05, 0) is 47.1 Å². The lowest BCUT2D eigenvalue weighted by Crippen LogP contribution is -2.13. The Labute approximate surface area is 136 Å². The van der Waals surface area contributed by atoms with E-state index in [2.05, 4.69) is 31.3 Å². The van der Waals surface area contributed by atoms with Crippen molar-refractivity contribution < 1.29 is 4.79 Å². The standard InChI is InChI=1S/C16H13BrN4O/c1-11-12(10-19-21(11)15-8-4-5-9-18-15)16(22)20-14-7-3-2-6-13(14)17/h2-10H,1H3,(H,20,22). The molecule has 0 saturated heterocycles. The van der Waals surface area contributed by atoms with Gasteiger partial charge < -0.3 is 5.32 Å². The number of aromatic nitrogens is 3. The molecule has 1 amide bonds. The van der Waals surface area contributed by atoms with Crippen LogP contribution in [0, 0.1) is 6.92 Å². The number of carbonyl (C=O) groups is 1. The van der Waals surface area contributed by atoms with Gasteiger partial charge >= 0.3 is 0 Å². The Bertz CT molecular complexity index is 814. The van der Waals surface area contributed by atoms with Gasteiger partial charge in [0.15, 0.2) is 5.82 Å². The first-order valence-electron chi connectivity index (χ1n) is 6.69. The van der Waals surface area contributed by atoms with Gasteiger partial charge in [-0.2, -0.15) is 5.10 Å². The highest BCUT2D eigenvalue weighted by Gasteiger charge is 2.16. The van der Waals surface area contributed by atoms with E-state index >= 15 is 0 Å². The highest BCUT2D eigenvalue weighted by Crippen LogP contribution is 2.22. The van der Waals surface area contributed by atoms with Gasteiger partial charge in [0, 0.05) is 10.7 Å². The SMILES string of the molecule is Cc1c(C(=O)Nc2ccccc2Br)cnn1-c1ccccn1. The summed E-state index contributed by atoms with van der Waals surface area (Å²) in [5.41, 5.74) is 1.97. The fraction of sp³-hybridized carbons (Fsp3) is 0.0625. The van der Waals surface area contributed by atoms with Crippen molar-refractivity contribution in [3.8, 4) is 5.82 Å². The molecule has 3 aromatic rings. The van der Waals surface area contributed by atoms with Crippen LogP contribution in [0.1, 0.15) is 16.1 Å². The van der Waals surface area contributed by atoms with Crippen LogP contribution in [0.5, 0.6) is 0 Å². The van der Waals surface area contributed by atoms with Gasteiger partial charge in [-0.1, -0.05) is 18.2 Å². The molecule has 0 aliphatic carbocycles. The number of para-hydroxylation sites is 1. The first-order chi connectivity index (χ1) is 10.7. The number of hydrogen-bond donors (Lipinski definition) is 1. The molecule has 0 atom stereocenters. The molecule has 110 valence electrons. The zero-order chi connectivity index (χ0) is 15.5. The van der Waals surface area contributed by atoms with E-state index in [1.165, 1.54) is 0 Å². The minimum atomic E-state index is -0.202. The molecule has 0 bridgehead atoms. The molecule has 22 heavy (non-hydrogen) atoms. The molecule has 6 heteroatoms. The molecule has 2 heterocycles. The van der Waals surface area contributed by atoms with E-state index in [1.54, 1.807) is 17.1 Å². The number of hydrogen-bond acceptors (Lipinski definition) is 3. The molecule has 1 N–H and O–H groups in total. The summed E-state index contributed by atoms with van der Waals surface area (Å²) in [6.07, 6.45) is 3.24. The lowest BCUT2D eigenvalue weighted by Gasteiger charge is -2.07. The van der Waals surface area contributed by atoms with Gasteiger partial charge in [0.05, 0.1) is 23.1 Å².